The van der Waals surface area contributed by atoms with Gasteiger partial charge in [0.2, 0.25) is 0 Å². The Morgan fingerprint density at radius 3 is 2.45 bits per heavy atom. The van der Waals surface area contributed by atoms with Crippen LogP contribution in [-0.2, 0) is 14.3 Å². The molecule has 0 aliphatic carbocycles. The molecular formula is C22H20ClNO5. The van der Waals surface area contributed by atoms with Gasteiger partial charge in [-0.3, -0.25) is 9.69 Å². The number of nitrogens with zero attached hydrogens (tertiary/aromatic N) is 1. The van der Waals surface area contributed by atoms with Crippen molar-refractivity contribution in [3.05, 3.63) is 69.9 Å². The SMILES string of the molecule is COC(=O)C1=C(C)N(c2ccc(OC)c(Cl)c2)C(=O)/C1=C\c1cccc(OC)c1. The Hall–Kier alpha value is -3.25. The minimum absolute atomic E-state index is 0.201. The Labute approximate surface area is 173 Å². The summed E-state index contributed by atoms with van der Waals surface area (Å²) >= 11 is 6.23. The summed E-state index contributed by atoms with van der Waals surface area (Å²) in [5.41, 5.74) is 2.13. The van der Waals surface area contributed by atoms with Crippen LogP contribution in [0, 0.1) is 0 Å². The maximum atomic E-state index is 13.3. The van der Waals surface area contributed by atoms with Crippen molar-refractivity contribution < 1.29 is 23.8 Å². The predicted molar refractivity (Wildman–Crippen MR) is 111 cm³/mol. The first kappa shape index (κ1) is 20.5. The van der Waals surface area contributed by atoms with E-state index in [9.17, 15) is 9.59 Å². The topological polar surface area (TPSA) is 65.1 Å². The van der Waals surface area contributed by atoms with Crippen molar-refractivity contribution in [1.82, 2.24) is 0 Å². The van der Waals surface area contributed by atoms with Crippen LogP contribution in [0.4, 0.5) is 5.69 Å². The molecule has 2 aromatic rings. The Kier molecular flexibility index (Phi) is 5.94. The number of ether oxygens (including phenoxy) is 3. The highest BCUT2D eigenvalue weighted by Crippen LogP contribution is 2.38. The van der Waals surface area contributed by atoms with Crippen LogP contribution < -0.4 is 14.4 Å². The number of hydrogen-bond donors (Lipinski definition) is 0. The van der Waals surface area contributed by atoms with Gasteiger partial charge in [0.05, 0.1) is 43.2 Å². The van der Waals surface area contributed by atoms with Crippen LogP contribution in [0.3, 0.4) is 0 Å². The first-order chi connectivity index (χ1) is 13.9. The lowest BCUT2D eigenvalue weighted by Gasteiger charge is -2.19. The minimum Gasteiger partial charge on any atom is -0.497 e. The van der Waals surface area contributed by atoms with Crippen LogP contribution in [0.25, 0.3) is 6.08 Å². The molecule has 0 N–H and O–H groups in total. The molecule has 1 heterocycles. The van der Waals surface area contributed by atoms with Crippen LogP contribution in [-0.4, -0.2) is 33.2 Å². The molecule has 7 heteroatoms. The van der Waals surface area contributed by atoms with E-state index in [0.717, 1.165) is 5.56 Å². The van der Waals surface area contributed by atoms with Crippen molar-refractivity contribution in [2.24, 2.45) is 0 Å². The fourth-order valence-corrected chi connectivity index (χ4v) is 3.44. The number of anilines is 1. The molecule has 1 aliphatic rings. The van der Waals surface area contributed by atoms with E-state index >= 15 is 0 Å². The summed E-state index contributed by atoms with van der Waals surface area (Å²) in [6.45, 7) is 1.69. The summed E-state index contributed by atoms with van der Waals surface area (Å²) in [5.74, 6) is 0.187. The lowest BCUT2D eigenvalue weighted by Crippen LogP contribution is -2.24. The van der Waals surface area contributed by atoms with Gasteiger partial charge >= 0.3 is 5.97 Å². The van der Waals surface area contributed by atoms with Crippen molar-refractivity contribution >= 4 is 35.2 Å². The number of methoxy groups -OCH3 is 3. The molecule has 2 aromatic carbocycles. The van der Waals surface area contributed by atoms with E-state index in [1.165, 1.54) is 19.1 Å². The molecule has 1 amide bonds. The molecule has 0 unspecified atom stereocenters. The smallest absolute Gasteiger partial charge is 0.340 e. The average Bonchev–Trinajstić information content (AvgIpc) is 2.97. The minimum atomic E-state index is -0.591. The number of benzene rings is 2. The van der Waals surface area contributed by atoms with E-state index in [-0.39, 0.29) is 17.1 Å². The molecule has 150 valence electrons. The summed E-state index contributed by atoms with van der Waals surface area (Å²) in [5, 5.41) is 0.357. The second-order valence-corrected chi connectivity index (χ2v) is 6.65. The number of halogens is 1. The summed E-state index contributed by atoms with van der Waals surface area (Å²) in [7, 11) is 4.35. The number of carbonyl (C=O) groups excluding carboxylic acids is 2. The Morgan fingerprint density at radius 1 is 1.07 bits per heavy atom. The molecule has 0 atom stereocenters. The normalized spacial score (nSPS) is 15.1. The van der Waals surface area contributed by atoms with E-state index in [1.807, 2.05) is 6.07 Å². The second-order valence-electron chi connectivity index (χ2n) is 6.25. The molecular weight excluding hydrogens is 394 g/mol. The van der Waals surface area contributed by atoms with Crippen LogP contribution in [0.2, 0.25) is 5.02 Å². The molecule has 29 heavy (non-hydrogen) atoms. The van der Waals surface area contributed by atoms with Crippen LogP contribution in [0.15, 0.2) is 59.3 Å². The molecule has 0 bridgehead atoms. The summed E-state index contributed by atoms with van der Waals surface area (Å²) < 4.78 is 15.3. The Morgan fingerprint density at radius 2 is 1.83 bits per heavy atom. The van der Waals surface area contributed by atoms with Crippen LogP contribution >= 0.6 is 11.6 Å². The predicted octanol–water partition coefficient (Wildman–Crippen LogP) is 4.23. The van der Waals surface area contributed by atoms with E-state index in [1.54, 1.807) is 56.5 Å². The van der Waals surface area contributed by atoms with Gasteiger partial charge in [-0.15, -0.1) is 0 Å². The van der Waals surface area contributed by atoms with Gasteiger partial charge in [0.15, 0.2) is 0 Å². The van der Waals surface area contributed by atoms with E-state index in [2.05, 4.69) is 0 Å². The maximum Gasteiger partial charge on any atom is 0.340 e. The highest BCUT2D eigenvalue weighted by atomic mass is 35.5. The van der Waals surface area contributed by atoms with Crippen LogP contribution in [0.1, 0.15) is 12.5 Å². The Bertz CT molecular complexity index is 1040. The van der Waals surface area contributed by atoms with Gasteiger partial charge in [0.25, 0.3) is 5.91 Å². The average molecular weight is 414 g/mol. The number of allylic oxidation sites excluding steroid dienone is 1. The number of hydrogen-bond acceptors (Lipinski definition) is 5. The molecule has 6 nitrogen and oxygen atoms in total. The molecule has 0 radical (unpaired) electrons. The molecule has 0 fully saturated rings. The summed E-state index contributed by atoms with van der Waals surface area (Å²) in [6.07, 6.45) is 1.64. The zero-order chi connectivity index (χ0) is 21.1. The third-order valence-electron chi connectivity index (χ3n) is 4.59. The first-order valence-electron chi connectivity index (χ1n) is 8.74. The molecule has 3 rings (SSSR count). The lowest BCUT2D eigenvalue weighted by atomic mass is 10.0. The molecule has 0 aromatic heterocycles. The number of carbonyl (C=O) groups is 2. The van der Waals surface area contributed by atoms with Crippen molar-refractivity contribution in [1.29, 1.82) is 0 Å². The van der Waals surface area contributed by atoms with E-state index in [0.29, 0.717) is 27.9 Å². The maximum absolute atomic E-state index is 13.3. The third-order valence-corrected chi connectivity index (χ3v) is 4.88. The number of esters is 1. The monoisotopic (exact) mass is 413 g/mol. The first-order valence-corrected chi connectivity index (χ1v) is 9.12. The number of rotatable bonds is 5. The standard InChI is InChI=1S/C22H20ClNO5/c1-13-20(22(26)29-4)17(11-14-6-5-7-16(10-14)27-2)21(25)24(13)15-8-9-19(28-3)18(23)12-15/h5-12H,1-4H3/b17-11-. The quantitative estimate of drug-likeness (QED) is 0.542. The van der Waals surface area contributed by atoms with Gasteiger partial charge in [-0.1, -0.05) is 23.7 Å². The highest BCUT2D eigenvalue weighted by Gasteiger charge is 2.38. The summed E-state index contributed by atoms with van der Waals surface area (Å²) in [4.78, 5) is 27.2. The second kappa shape index (κ2) is 8.41. The van der Waals surface area contributed by atoms with Gasteiger partial charge in [-0.25, -0.2) is 4.79 Å². The lowest BCUT2D eigenvalue weighted by molar-refractivity contribution is -0.136. The molecule has 1 aliphatic heterocycles. The van der Waals surface area contributed by atoms with Gasteiger partial charge in [0, 0.05) is 5.70 Å². The molecule has 0 saturated carbocycles. The third kappa shape index (κ3) is 3.84. The van der Waals surface area contributed by atoms with Crippen molar-refractivity contribution in [3.63, 3.8) is 0 Å². The fraction of sp³-hybridized carbons (Fsp3) is 0.182. The summed E-state index contributed by atoms with van der Waals surface area (Å²) in [6, 6.07) is 12.2. The van der Waals surface area contributed by atoms with E-state index < -0.39 is 5.97 Å². The van der Waals surface area contributed by atoms with Crippen LogP contribution in [0.5, 0.6) is 11.5 Å². The fourth-order valence-electron chi connectivity index (χ4n) is 3.18. The van der Waals surface area contributed by atoms with Gasteiger partial charge in [-0.2, -0.15) is 0 Å². The Balaban J connectivity index is 2.13. The van der Waals surface area contributed by atoms with Crippen molar-refractivity contribution in [3.8, 4) is 11.5 Å². The zero-order valence-corrected chi connectivity index (χ0v) is 17.2. The number of amides is 1. The van der Waals surface area contributed by atoms with E-state index in [4.69, 9.17) is 25.8 Å². The highest BCUT2D eigenvalue weighted by molar-refractivity contribution is 6.32. The van der Waals surface area contributed by atoms with Gasteiger partial charge in [-0.05, 0) is 48.9 Å². The van der Waals surface area contributed by atoms with Gasteiger partial charge < -0.3 is 14.2 Å². The molecule has 0 saturated heterocycles. The zero-order valence-electron chi connectivity index (χ0n) is 16.5. The largest absolute Gasteiger partial charge is 0.497 e. The molecule has 0 spiro atoms. The van der Waals surface area contributed by atoms with Gasteiger partial charge in [0.1, 0.15) is 11.5 Å². The van der Waals surface area contributed by atoms with Crippen molar-refractivity contribution in [2.45, 2.75) is 6.92 Å². The van der Waals surface area contributed by atoms with Crippen molar-refractivity contribution in [2.75, 3.05) is 26.2 Å².